The van der Waals surface area contributed by atoms with Crippen LogP contribution in [0.2, 0.25) is 0 Å². The standard InChI is InChI=1S/C23H20O2/c24-21-19-10-15-5-1-4-14(15)9-17(19)12-23(21)11-16-8-7-13-3-2-6-18(13)20(16)22(23)25/h7-10H,1-6,11-12H2. The van der Waals surface area contributed by atoms with Crippen LogP contribution >= 0.6 is 0 Å². The van der Waals surface area contributed by atoms with Crippen LogP contribution < -0.4 is 0 Å². The molecule has 0 N–H and O–H groups in total. The number of hydrogen-bond acceptors (Lipinski definition) is 2. The van der Waals surface area contributed by atoms with Crippen molar-refractivity contribution in [1.82, 2.24) is 0 Å². The number of fused-ring (bicyclic) bond motifs is 5. The van der Waals surface area contributed by atoms with Gasteiger partial charge in [-0.05, 0) is 90.8 Å². The predicted molar refractivity (Wildman–Crippen MR) is 95.4 cm³/mol. The highest BCUT2D eigenvalue weighted by Crippen LogP contribution is 2.49. The van der Waals surface area contributed by atoms with Gasteiger partial charge < -0.3 is 0 Å². The van der Waals surface area contributed by atoms with Crippen molar-refractivity contribution in [3.05, 3.63) is 68.8 Å². The Morgan fingerprint density at radius 3 is 2.24 bits per heavy atom. The van der Waals surface area contributed by atoms with E-state index in [-0.39, 0.29) is 11.6 Å². The van der Waals surface area contributed by atoms with Gasteiger partial charge in [-0.2, -0.15) is 0 Å². The fourth-order valence-corrected chi connectivity index (χ4v) is 5.81. The Hall–Kier alpha value is -2.22. The molecule has 4 aliphatic carbocycles. The molecule has 2 nitrogen and oxygen atoms in total. The number of benzene rings is 2. The van der Waals surface area contributed by atoms with Gasteiger partial charge in [0.1, 0.15) is 5.41 Å². The van der Waals surface area contributed by atoms with Crippen LogP contribution in [0.4, 0.5) is 0 Å². The molecule has 0 fully saturated rings. The molecule has 1 spiro atoms. The van der Waals surface area contributed by atoms with Crippen molar-refractivity contribution in [2.75, 3.05) is 0 Å². The Morgan fingerprint density at radius 2 is 1.36 bits per heavy atom. The fourth-order valence-electron chi connectivity index (χ4n) is 5.81. The van der Waals surface area contributed by atoms with Crippen LogP contribution in [-0.2, 0) is 38.5 Å². The van der Waals surface area contributed by atoms with E-state index in [4.69, 9.17) is 0 Å². The zero-order valence-corrected chi connectivity index (χ0v) is 14.3. The van der Waals surface area contributed by atoms with Gasteiger partial charge in [0.15, 0.2) is 11.6 Å². The normalized spacial score (nSPS) is 25.4. The maximum Gasteiger partial charge on any atom is 0.178 e. The molecule has 0 heterocycles. The minimum Gasteiger partial charge on any atom is -0.293 e. The molecule has 0 amide bonds. The predicted octanol–water partition coefficient (Wildman–Crippen LogP) is 3.83. The summed E-state index contributed by atoms with van der Waals surface area (Å²) in [5, 5.41) is 0. The van der Waals surface area contributed by atoms with Gasteiger partial charge in [-0.25, -0.2) is 0 Å². The maximum atomic E-state index is 13.5. The van der Waals surface area contributed by atoms with E-state index in [1.165, 1.54) is 28.7 Å². The average Bonchev–Trinajstić information content (AvgIpc) is 3.35. The van der Waals surface area contributed by atoms with Crippen LogP contribution in [0.15, 0.2) is 24.3 Å². The number of ketones is 2. The van der Waals surface area contributed by atoms with Gasteiger partial charge >= 0.3 is 0 Å². The van der Waals surface area contributed by atoms with E-state index in [0.717, 1.165) is 54.4 Å². The van der Waals surface area contributed by atoms with Crippen molar-refractivity contribution in [2.24, 2.45) is 5.41 Å². The Bertz CT molecular complexity index is 998. The van der Waals surface area contributed by atoms with E-state index < -0.39 is 5.41 Å². The maximum absolute atomic E-state index is 13.5. The third kappa shape index (κ3) is 1.61. The minimum atomic E-state index is -0.836. The lowest BCUT2D eigenvalue weighted by atomic mass is 9.79. The first-order valence-electron chi connectivity index (χ1n) is 9.55. The number of carbonyl (C=O) groups is 2. The molecule has 25 heavy (non-hydrogen) atoms. The van der Waals surface area contributed by atoms with Gasteiger partial charge in [0, 0.05) is 11.1 Å². The number of hydrogen-bond donors (Lipinski definition) is 0. The molecule has 2 aromatic rings. The largest absolute Gasteiger partial charge is 0.293 e. The molecule has 4 aliphatic rings. The summed E-state index contributed by atoms with van der Waals surface area (Å²) in [5.74, 6) is 0.202. The molecule has 0 aromatic heterocycles. The second-order valence-corrected chi connectivity index (χ2v) is 8.32. The summed E-state index contributed by atoms with van der Waals surface area (Å²) in [4.78, 5) is 26.9. The molecule has 2 aromatic carbocycles. The average molecular weight is 328 g/mol. The number of carbonyl (C=O) groups excluding carboxylic acids is 2. The van der Waals surface area contributed by atoms with Gasteiger partial charge in [0.05, 0.1) is 0 Å². The van der Waals surface area contributed by atoms with Crippen LogP contribution in [0, 0.1) is 5.41 Å². The molecule has 0 saturated heterocycles. The van der Waals surface area contributed by atoms with Crippen molar-refractivity contribution >= 4 is 11.6 Å². The van der Waals surface area contributed by atoms with Crippen molar-refractivity contribution in [2.45, 2.75) is 51.4 Å². The Balaban J connectivity index is 1.50. The molecule has 0 aliphatic heterocycles. The highest BCUT2D eigenvalue weighted by Gasteiger charge is 2.56. The molecule has 1 atom stereocenters. The fraction of sp³-hybridized carbons (Fsp3) is 0.391. The van der Waals surface area contributed by atoms with Gasteiger partial charge in [0.2, 0.25) is 0 Å². The number of aryl methyl sites for hydroxylation is 3. The van der Waals surface area contributed by atoms with E-state index in [1.54, 1.807) is 0 Å². The quantitative estimate of drug-likeness (QED) is 0.689. The van der Waals surface area contributed by atoms with Crippen molar-refractivity contribution in [3.63, 3.8) is 0 Å². The van der Waals surface area contributed by atoms with Gasteiger partial charge in [-0.3, -0.25) is 9.59 Å². The van der Waals surface area contributed by atoms with E-state index in [1.807, 2.05) is 0 Å². The van der Waals surface area contributed by atoms with E-state index in [9.17, 15) is 9.59 Å². The van der Waals surface area contributed by atoms with Crippen molar-refractivity contribution in [3.8, 4) is 0 Å². The van der Waals surface area contributed by atoms with Crippen LogP contribution in [0.25, 0.3) is 0 Å². The molecule has 124 valence electrons. The number of Topliss-reactive ketones (excluding diaryl/α,β-unsaturated/α-hetero) is 2. The van der Waals surface area contributed by atoms with Crippen molar-refractivity contribution in [1.29, 1.82) is 0 Å². The summed E-state index contributed by atoms with van der Waals surface area (Å²) < 4.78 is 0. The summed E-state index contributed by atoms with van der Waals surface area (Å²) in [6.07, 6.45) is 7.79. The van der Waals surface area contributed by atoms with Crippen LogP contribution in [0.5, 0.6) is 0 Å². The first-order chi connectivity index (χ1) is 12.2. The topological polar surface area (TPSA) is 34.1 Å². The summed E-state index contributed by atoms with van der Waals surface area (Å²) in [6.45, 7) is 0. The third-order valence-electron chi connectivity index (χ3n) is 7.01. The molecule has 0 saturated carbocycles. The van der Waals surface area contributed by atoms with Gasteiger partial charge in [-0.15, -0.1) is 0 Å². The van der Waals surface area contributed by atoms with Crippen molar-refractivity contribution < 1.29 is 9.59 Å². The minimum absolute atomic E-state index is 0.0881. The number of rotatable bonds is 0. The SMILES string of the molecule is O=C1c2cc3c(cc2CC12Cc1ccc4c(c1C2=O)CCC4)CCC3. The van der Waals surface area contributed by atoms with Crippen LogP contribution in [0.1, 0.15) is 66.9 Å². The lowest BCUT2D eigenvalue weighted by Gasteiger charge is -2.18. The first-order valence-corrected chi connectivity index (χ1v) is 9.55. The molecular formula is C23H20O2. The summed E-state index contributed by atoms with van der Waals surface area (Å²) in [7, 11) is 0. The lowest BCUT2D eigenvalue weighted by molar-refractivity contribution is 0.0705. The molecule has 0 bridgehead atoms. The highest BCUT2D eigenvalue weighted by atomic mass is 16.2. The smallest absolute Gasteiger partial charge is 0.178 e. The molecule has 1 unspecified atom stereocenters. The zero-order chi connectivity index (χ0) is 16.8. The van der Waals surface area contributed by atoms with E-state index >= 15 is 0 Å². The first kappa shape index (κ1) is 14.0. The Labute approximate surface area is 147 Å². The Kier molecular flexibility index (Phi) is 2.51. The summed E-state index contributed by atoms with van der Waals surface area (Å²) in [6, 6.07) is 8.64. The Morgan fingerprint density at radius 1 is 0.680 bits per heavy atom. The van der Waals surface area contributed by atoms with Crippen LogP contribution in [0.3, 0.4) is 0 Å². The molecule has 6 rings (SSSR count). The second kappa shape index (κ2) is 4.49. The molecular weight excluding hydrogens is 308 g/mol. The summed E-state index contributed by atoms with van der Waals surface area (Å²) >= 11 is 0. The molecule has 0 radical (unpaired) electrons. The van der Waals surface area contributed by atoms with Gasteiger partial charge in [-0.1, -0.05) is 18.2 Å². The van der Waals surface area contributed by atoms with Gasteiger partial charge in [0.25, 0.3) is 0 Å². The summed E-state index contributed by atoms with van der Waals surface area (Å²) in [5.41, 5.74) is 8.42. The van der Waals surface area contributed by atoms with Crippen LogP contribution in [-0.4, -0.2) is 11.6 Å². The monoisotopic (exact) mass is 328 g/mol. The molecule has 2 heteroatoms. The van der Waals surface area contributed by atoms with E-state index in [2.05, 4.69) is 24.3 Å². The highest BCUT2D eigenvalue weighted by molar-refractivity contribution is 6.25. The van der Waals surface area contributed by atoms with E-state index in [0.29, 0.717) is 12.8 Å². The zero-order valence-electron chi connectivity index (χ0n) is 14.3. The lowest BCUT2D eigenvalue weighted by Crippen LogP contribution is -2.34. The second-order valence-electron chi connectivity index (χ2n) is 8.32. The third-order valence-corrected chi connectivity index (χ3v) is 7.01.